The molecule has 3 fully saturated rings. The fraction of sp³-hybridized carbons (Fsp3) is 0.538. The molecule has 258 valence electrons. The van der Waals surface area contributed by atoms with Crippen LogP contribution in [0.4, 0.5) is 10.1 Å². The Labute approximate surface area is 283 Å². The van der Waals surface area contributed by atoms with Crippen molar-refractivity contribution in [3.8, 4) is 16.9 Å². The molecular formula is C39H49FN2O6. The largest absolute Gasteiger partial charge is 0.493 e. The lowest BCUT2D eigenvalue weighted by Crippen LogP contribution is -2.44. The van der Waals surface area contributed by atoms with E-state index in [9.17, 15) is 14.3 Å². The summed E-state index contributed by atoms with van der Waals surface area (Å²) in [5, 5.41) is 10.6. The van der Waals surface area contributed by atoms with E-state index < -0.39 is 17.7 Å². The molecule has 0 amide bonds. The molecule has 2 aliphatic heterocycles. The predicted molar refractivity (Wildman–Crippen MR) is 183 cm³/mol. The number of piperidine rings is 1. The van der Waals surface area contributed by atoms with E-state index in [0.717, 1.165) is 59.8 Å². The molecule has 1 spiro atoms. The summed E-state index contributed by atoms with van der Waals surface area (Å²) in [5.41, 5.74) is 5.43. The molecule has 9 heteroatoms. The molecule has 0 bridgehead atoms. The Morgan fingerprint density at radius 3 is 2.31 bits per heavy atom. The number of pyridine rings is 1. The van der Waals surface area contributed by atoms with Gasteiger partial charge in [-0.05, 0) is 94.2 Å². The van der Waals surface area contributed by atoms with E-state index in [1.165, 1.54) is 31.4 Å². The third kappa shape index (κ3) is 8.01. The molecule has 1 saturated carbocycles. The van der Waals surface area contributed by atoms with Crippen molar-refractivity contribution in [3.63, 3.8) is 0 Å². The van der Waals surface area contributed by atoms with Crippen molar-refractivity contribution in [2.75, 3.05) is 44.4 Å². The minimum atomic E-state index is -1.19. The summed E-state index contributed by atoms with van der Waals surface area (Å²) >= 11 is 0. The Bertz CT molecular complexity index is 1550. The van der Waals surface area contributed by atoms with Crippen LogP contribution in [0, 0.1) is 24.1 Å². The zero-order valence-corrected chi connectivity index (χ0v) is 28.7. The second-order valence-corrected chi connectivity index (χ2v) is 14.7. The van der Waals surface area contributed by atoms with E-state index in [1.807, 2.05) is 52.0 Å². The van der Waals surface area contributed by atoms with Crippen molar-refractivity contribution in [3.05, 3.63) is 76.9 Å². The zero-order chi connectivity index (χ0) is 33.9. The summed E-state index contributed by atoms with van der Waals surface area (Å²) < 4.78 is 37.3. The van der Waals surface area contributed by atoms with E-state index >= 15 is 0 Å². The van der Waals surface area contributed by atoms with Gasteiger partial charge in [0, 0.05) is 42.2 Å². The number of carboxylic acids is 1. The minimum Gasteiger partial charge on any atom is -0.493 e. The molecule has 0 unspecified atom stereocenters. The van der Waals surface area contributed by atoms with E-state index in [-0.39, 0.29) is 5.82 Å². The summed E-state index contributed by atoms with van der Waals surface area (Å²) in [5.74, 6) is -0.197. The molecule has 2 saturated heterocycles. The third-order valence-electron chi connectivity index (χ3n) is 10.0. The van der Waals surface area contributed by atoms with Gasteiger partial charge < -0.3 is 29.0 Å². The van der Waals surface area contributed by atoms with Crippen LogP contribution in [0.2, 0.25) is 0 Å². The molecule has 3 heterocycles. The van der Waals surface area contributed by atoms with Crippen LogP contribution in [0.1, 0.15) is 81.5 Å². The maximum Gasteiger partial charge on any atom is 0.337 e. The Kier molecular flexibility index (Phi) is 10.4. The Hall–Kier alpha value is -3.53. The standard InChI is InChI=1S/C39H49FN2O6/c1-26-33(36(37(43)44)48-38(2,3)4)35(42-19-17-39(18-20-42)15-5-16-39)34(32(41-26)25-46-24-28-22-45-23-28)29-8-12-31(13-9-29)47-21-14-27-6-10-30(40)11-7-27/h6-13,28,36H,5,14-25H2,1-4H3,(H,43,44)/t36-/m0/s1. The number of nitrogens with zero attached hydrogens (tertiary/aromatic N) is 2. The smallest absolute Gasteiger partial charge is 0.337 e. The van der Waals surface area contributed by atoms with Crippen LogP contribution in [0.5, 0.6) is 5.75 Å². The second-order valence-electron chi connectivity index (χ2n) is 14.7. The quantitative estimate of drug-likeness (QED) is 0.200. The number of hydrogen-bond donors (Lipinski definition) is 1. The van der Waals surface area contributed by atoms with Crippen molar-refractivity contribution in [2.45, 2.75) is 84.5 Å². The Balaban J connectivity index is 1.38. The van der Waals surface area contributed by atoms with E-state index in [4.69, 9.17) is 23.9 Å². The van der Waals surface area contributed by atoms with Crippen molar-refractivity contribution in [1.82, 2.24) is 4.98 Å². The molecule has 3 aliphatic rings. The lowest BCUT2D eigenvalue weighted by atomic mass is 9.63. The van der Waals surface area contributed by atoms with Gasteiger partial charge in [-0.1, -0.05) is 30.7 Å². The third-order valence-corrected chi connectivity index (χ3v) is 10.0. The lowest BCUT2D eigenvalue weighted by Gasteiger charge is -2.49. The van der Waals surface area contributed by atoms with Gasteiger partial charge in [-0.25, -0.2) is 9.18 Å². The number of carbonyl (C=O) groups is 1. The summed E-state index contributed by atoms with van der Waals surface area (Å²) in [4.78, 5) is 20.4. The molecule has 1 atom stereocenters. The SMILES string of the molecule is Cc1nc(COCC2COC2)c(-c2ccc(OCCc3ccc(F)cc3)cc2)c(N2CCC3(CCC3)CC2)c1[C@H](OC(C)(C)C)C(=O)O. The highest BCUT2D eigenvalue weighted by Gasteiger charge is 2.42. The van der Waals surface area contributed by atoms with E-state index in [1.54, 1.807) is 12.1 Å². The lowest BCUT2D eigenvalue weighted by molar-refractivity contribution is -0.160. The van der Waals surface area contributed by atoms with Gasteiger partial charge in [0.25, 0.3) is 0 Å². The zero-order valence-electron chi connectivity index (χ0n) is 28.7. The van der Waals surface area contributed by atoms with Crippen LogP contribution in [0.3, 0.4) is 0 Å². The van der Waals surface area contributed by atoms with Crippen molar-refractivity contribution < 1.29 is 33.2 Å². The number of hydrogen-bond acceptors (Lipinski definition) is 7. The molecule has 1 N–H and O–H groups in total. The molecule has 1 aromatic heterocycles. The van der Waals surface area contributed by atoms with Crippen LogP contribution in [0.15, 0.2) is 48.5 Å². The molecule has 3 aromatic rings. The fourth-order valence-corrected chi connectivity index (χ4v) is 7.14. The number of carboxylic acid groups (broad SMARTS) is 1. The number of aryl methyl sites for hydroxylation is 1. The molecule has 6 rings (SSSR count). The van der Waals surface area contributed by atoms with E-state index in [2.05, 4.69) is 4.90 Å². The van der Waals surface area contributed by atoms with Crippen LogP contribution in [0.25, 0.3) is 11.1 Å². The number of aromatic nitrogens is 1. The van der Waals surface area contributed by atoms with Crippen LogP contribution in [-0.2, 0) is 32.0 Å². The summed E-state index contributed by atoms with van der Waals surface area (Å²) in [6, 6.07) is 14.4. The van der Waals surface area contributed by atoms with Crippen LogP contribution in [-0.4, -0.2) is 61.2 Å². The van der Waals surface area contributed by atoms with Gasteiger partial charge >= 0.3 is 5.97 Å². The van der Waals surface area contributed by atoms with Gasteiger partial charge in [-0.15, -0.1) is 0 Å². The van der Waals surface area contributed by atoms with Gasteiger partial charge in [-0.3, -0.25) is 4.98 Å². The number of ether oxygens (including phenoxy) is 4. The first-order valence-electron chi connectivity index (χ1n) is 17.3. The van der Waals surface area contributed by atoms with Crippen molar-refractivity contribution in [1.29, 1.82) is 0 Å². The van der Waals surface area contributed by atoms with Gasteiger partial charge in [-0.2, -0.15) is 0 Å². The predicted octanol–water partition coefficient (Wildman–Crippen LogP) is 7.69. The highest BCUT2D eigenvalue weighted by Crippen LogP contribution is 2.51. The minimum absolute atomic E-state index is 0.253. The molecule has 1 aliphatic carbocycles. The van der Waals surface area contributed by atoms with Crippen LogP contribution >= 0.6 is 0 Å². The average molecular weight is 661 g/mol. The Morgan fingerprint density at radius 2 is 1.75 bits per heavy atom. The van der Waals surface area contributed by atoms with Crippen molar-refractivity contribution >= 4 is 11.7 Å². The molecule has 8 nitrogen and oxygen atoms in total. The molecule has 48 heavy (non-hydrogen) atoms. The highest BCUT2D eigenvalue weighted by atomic mass is 19.1. The highest BCUT2D eigenvalue weighted by molar-refractivity contribution is 5.88. The molecule has 2 aromatic carbocycles. The number of benzene rings is 2. The van der Waals surface area contributed by atoms with Gasteiger partial charge in [0.1, 0.15) is 11.6 Å². The summed E-state index contributed by atoms with van der Waals surface area (Å²) in [6.45, 7) is 12.0. The summed E-state index contributed by atoms with van der Waals surface area (Å²) in [7, 11) is 0. The molecule has 0 radical (unpaired) electrons. The first-order valence-corrected chi connectivity index (χ1v) is 17.3. The molecular weight excluding hydrogens is 611 g/mol. The normalized spacial score (nSPS) is 18.3. The van der Waals surface area contributed by atoms with Gasteiger partial charge in [0.05, 0.1) is 50.0 Å². The number of halogens is 1. The maximum atomic E-state index is 13.3. The van der Waals surface area contributed by atoms with E-state index in [0.29, 0.717) is 62.0 Å². The van der Waals surface area contributed by atoms with Crippen molar-refractivity contribution in [2.24, 2.45) is 11.3 Å². The monoisotopic (exact) mass is 660 g/mol. The second kappa shape index (κ2) is 14.5. The first kappa shape index (κ1) is 34.3. The number of rotatable bonds is 13. The number of aliphatic carboxylic acids is 1. The summed E-state index contributed by atoms with van der Waals surface area (Å²) in [6.07, 6.45) is 5.46. The number of anilines is 1. The first-order chi connectivity index (χ1) is 23.0. The van der Waals surface area contributed by atoms with Crippen LogP contribution < -0.4 is 9.64 Å². The fourth-order valence-electron chi connectivity index (χ4n) is 7.14. The van der Waals surface area contributed by atoms with Gasteiger partial charge in [0.15, 0.2) is 6.10 Å². The van der Waals surface area contributed by atoms with Gasteiger partial charge in [0.2, 0.25) is 0 Å². The maximum absolute atomic E-state index is 13.3. The topological polar surface area (TPSA) is 90.4 Å². The Morgan fingerprint density at radius 1 is 1.06 bits per heavy atom. The average Bonchev–Trinajstić information content (AvgIpc) is 3.01.